The lowest BCUT2D eigenvalue weighted by Gasteiger charge is -2.15. The van der Waals surface area contributed by atoms with Crippen LogP contribution in [0.3, 0.4) is 0 Å². The second-order valence-corrected chi connectivity index (χ2v) is 10.2. The molecule has 1 aromatic carbocycles. The van der Waals surface area contributed by atoms with Crippen LogP contribution in [0.25, 0.3) is 0 Å². The first-order valence-electron chi connectivity index (χ1n) is 9.27. The Morgan fingerprint density at radius 1 is 0.971 bits per heavy atom. The number of nitrogens with zero attached hydrogens (tertiary/aromatic N) is 2. The van der Waals surface area contributed by atoms with E-state index in [-0.39, 0.29) is 40.9 Å². The molecule has 0 saturated carbocycles. The number of anilines is 1. The number of methoxy groups -OCH3 is 3. The van der Waals surface area contributed by atoms with Gasteiger partial charge in [-0.1, -0.05) is 6.07 Å². The molecule has 0 aliphatic rings. The van der Waals surface area contributed by atoms with Gasteiger partial charge in [-0.05, 0) is 24.1 Å². The van der Waals surface area contributed by atoms with Crippen molar-refractivity contribution >= 4 is 38.0 Å². The molecule has 186 valence electrons. The van der Waals surface area contributed by atoms with Gasteiger partial charge in [0.05, 0.1) is 39.2 Å². The molecule has 0 atom stereocenters. The van der Waals surface area contributed by atoms with E-state index < -0.39 is 36.9 Å². The lowest BCUT2D eigenvalue weighted by atomic mass is 10.1. The molecule has 0 aliphatic heterocycles. The molecular weight excluding hydrogens is 494 g/mol. The maximum absolute atomic E-state index is 13.0. The molecule has 0 saturated heterocycles. The average Bonchev–Trinajstić information content (AvgIpc) is 2.75. The Bertz CT molecular complexity index is 1290. The molecule has 2 amide bonds. The summed E-state index contributed by atoms with van der Waals surface area (Å²) < 4.78 is 67.4. The van der Waals surface area contributed by atoms with Gasteiger partial charge in [-0.2, -0.15) is 9.97 Å². The predicted molar refractivity (Wildman–Crippen MR) is 119 cm³/mol. The quantitative estimate of drug-likeness (QED) is 0.383. The summed E-state index contributed by atoms with van der Waals surface area (Å²) in [4.78, 5) is 31.8. The third kappa shape index (κ3) is 7.00. The van der Waals surface area contributed by atoms with Crippen molar-refractivity contribution < 1.29 is 40.6 Å². The lowest BCUT2D eigenvalue weighted by molar-refractivity contribution is 0.0595. The van der Waals surface area contributed by atoms with Gasteiger partial charge in [-0.25, -0.2) is 35.9 Å². The van der Waals surface area contributed by atoms with Gasteiger partial charge in [-0.15, -0.1) is 0 Å². The van der Waals surface area contributed by atoms with Crippen molar-refractivity contribution in [2.45, 2.75) is 18.4 Å². The molecule has 1 aromatic heterocycles. The summed E-state index contributed by atoms with van der Waals surface area (Å²) in [7, 11) is -4.54. The van der Waals surface area contributed by atoms with E-state index >= 15 is 0 Å². The van der Waals surface area contributed by atoms with Crippen LogP contribution in [0, 0.1) is 6.92 Å². The number of amides is 2. The number of aromatic nitrogens is 2. The minimum atomic E-state index is -4.65. The molecule has 34 heavy (non-hydrogen) atoms. The number of urea groups is 1. The summed E-state index contributed by atoms with van der Waals surface area (Å²) in [5.74, 6) is -1.21. The lowest BCUT2D eigenvalue weighted by Crippen LogP contribution is -2.36. The van der Waals surface area contributed by atoms with E-state index in [4.69, 9.17) is 9.47 Å². The first-order valence-corrected chi connectivity index (χ1v) is 12.6. The molecule has 3 N–H and O–H groups in total. The minimum absolute atomic E-state index is 0.0414. The first-order chi connectivity index (χ1) is 15.8. The standard InChI is InChI=1S/C18H23N5O9S2/c1-10-6-11(9-19-33(5,26)27)7-12(15(10)16(24)32-4)34(28,29)23-18(25)22-17-20-13(30-2)8-14(21-17)31-3/h6-8,19H,9H2,1-5H3,(H2,20,21,22,23,25). The fraction of sp³-hybridized carbons (Fsp3) is 0.333. The molecular formula is C18H23N5O9S2. The van der Waals surface area contributed by atoms with Crippen LogP contribution in [0.1, 0.15) is 21.5 Å². The van der Waals surface area contributed by atoms with Crippen LogP contribution < -0.4 is 24.2 Å². The van der Waals surface area contributed by atoms with Crippen LogP contribution >= 0.6 is 0 Å². The first kappa shape index (κ1) is 26.7. The van der Waals surface area contributed by atoms with E-state index in [1.807, 2.05) is 0 Å². The highest BCUT2D eigenvalue weighted by atomic mass is 32.2. The Labute approximate surface area is 196 Å². The third-order valence-corrected chi connectivity index (χ3v) is 6.15. The molecule has 0 aliphatic carbocycles. The van der Waals surface area contributed by atoms with Gasteiger partial charge in [-0.3, -0.25) is 5.32 Å². The zero-order chi connectivity index (χ0) is 25.7. The van der Waals surface area contributed by atoms with Crippen LogP contribution in [0.5, 0.6) is 11.8 Å². The van der Waals surface area contributed by atoms with Gasteiger partial charge in [0.15, 0.2) is 0 Å². The largest absolute Gasteiger partial charge is 0.481 e. The van der Waals surface area contributed by atoms with Crippen molar-refractivity contribution in [2.75, 3.05) is 32.9 Å². The van der Waals surface area contributed by atoms with Crippen LogP contribution in [-0.2, 0) is 31.3 Å². The number of esters is 1. The molecule has 14 nitrogen and oxygen atoms in total. The van der Waals surface area contributed by atoms with E-state index in [0.717, 1.165) is 19.4 Å². The molecule has 0 spiro atoms. The Kier molecular flexibility index (Phi) is 8.36. The smallest absolute Gasteiger partial charge is 0.339 e. The number of ether oxygens (including phenoxy) is 3. The number of aryl methyl sites for hydroxylation is 1. The number of carbonyl (C=O) groups is 2. The Morgan fingerprint density at radius 2 is 1.56 bits per heavy atom. The summed E-state index contributed by atoms with van der Waals surface area (Å²) >= 11 is 0. The van der Waals surface area contributed by atoms with Gasteiger partial charge in [0.2, 0.25) is 27.7 Å². The zero-order valence-electron chi connectivity index (χ0n) is 18.8. The topological polar surface area (TPSA) is 192 Å². The number of nitrogens with one attached hydrogen (secondary N) is 3. The third-order valence-electron chi connectivity index (χ3n) is 4.13. The van der Waals surface area contributed by atoms with Gasteiger partial charge < -0.3 is 14.2 Å². The zero-order valence-corrected chi connectivity index (χ0v) is 20.5. The average molecular weight is 518 g/mol. The summed E-state index contributed by atoms with van der Waals surface area (Å²) in [6.07, 6.45) is 0.932. The Hall–Kier alpha value is -3.50. The number of hydrogen-bond acceptors (Lipinski definition) is 11. The van der Waals surface area contributed by atoms with Crippen molar-refractivity contribution in [3.63, 3.8) is 0 Å². The predicted octanol–water partition coefficient (Wildman–Crippen LogP) is 0.148. The normalized spacial score (nSPS) is 11.4. The van der Waals surface area contributed by atoms with E-state index in [9.17, 15) is 26.4 Å². The van der Waals surface area contributed by atoms with Crippen molar-refractivity contribution in [3.05, 3.63) is 34.9 Å². The second kappa shape index (κ2) is 10.6. The number of hydrogen-bond donors (Lipinski definition) is 3. The highest BCUT2D eigenvalue weighted by Crippen LogP contribution is 2.24. The fourth-order valence-corrected chi connectivity index (χ4v) is 4.35. The van der Waals surface area contributed by atoms with Gasteiger partial charge in [0.25, 0.3) is 10.0 Å². The molecule has 16 heteroatoms. The van der Waals surface area contributed by atoms with Gasteiger partial charge in [0.1, 0.15) is 4.90 Å². The van der Waals surface area contributed by atoms with Crippen molar-refractivity contribution in [2.24, 2.45) is 0 Å². The molecule has 0 fully saturated rings. The van der Waals surface area contributed by atoms with Crippen LogP contribution in [0.4, 0.5) is 10.7 Å². The summed E-state index contributed by atoms with van der Waals surface area (Å²) in [5, 5.41) is 2.13. The van der Waals surface area contributed by atoms with Crippen LogP contribution in [-0.4, -0.2) is 66.4 Å². The highest BCUT2D eigenvalue weighted by Gasteiger charge is 2.28. The van der Waals surface area contributed by atoms with Crippen molar-refractivity contribution in [1.82, 2.24) is 19.4 Å². The van der Waals surface area contributed by atoms with Crippen molar-refractivity contribution in [1.29, 1.82) is 0 Å². The highest BCUT2D eigenvalue weighted by molar-refractivity contribution is 7.90. The number of rotatable bonds is 9. The van der Waals surface area contributed by atoms with Crippen LogP contribution in [0.2, 0.25) is 0 Å². The number of benzene rings is 1. The van der Waals surface area contributed by atoms with E-state index in [0.29, 0.717) is 0 Å². The second-order valence-electron chi connectivity index (χ2n) is 6.71. The van der Waals surface area contributed by atoms with Crippen LogP contribution in [0.15, 0.2) is 23.1 Å². The maximum atomic E-state index is 13.0. The molecule has 0 radical (unpaired) electrons. The SMILES string of the molecule is COC(=O)c1c(C)cc(CNS(C)(=O)=O)cc1S(=O)(=O)NC(=O)Nc1nc(OC)cc(OC)n1. The van der Waals surface area contributed by atoms with E-state index in [1.54, 1.807) is 4.72 Å². The van der Waals surface area contributed by atoms with Gasteiger partial charge >= 0.3 is 12.0 Å². The molecule has 0 unspecified atom stereocenters. The summed E-state index contributed by atoms with van der Waals surface area (Å²) in [6.45, 7) is 1.18. The fourth-order valence-electron chi connectivity index (χ4n) is 2.69. The van der Waals surface area contributed by atoms with E-state index in [1.165, 1.54) is 33.3 Å². The monoisotopic (exact) mass is 517 g/mol. The Balaban J connectivity index is 2.42. The summed E-state index contributed by atoms with van der Waals surface area (Å²) in [5.41, 5.74) is 0.0729. The minimum Gasteiger partial charge on any atom is -0.481 e. The molecule has 2 aromatic rings. The van der Waals surface area contributed by atoms with Crippen molar-refractivity contribution in [3.8, 4) is 11.8 Å². The molecule has 2 rings (SSSR count). The number of sulfonamides is 2. The number of carbonyl (C=O) groups excluding carboxylic acids is 2. The van der Waals surface area contributed by atoms with Gasteiger partial charge in [0, 0.05) is 6.54 Å². The molecule has 0 bridgehead atoms. The molecule has 1 heterocycles. The summed E-state index contributed by atoms with van der Waals surface area (Å²) in [6, 6.07) is 2.56. The maximum Gasteiger partial charge on any atom is 0.339 e. The Morgan fingerprint density at radius 3 is 2.06 bits per heavy atom. The van der Waals surface area contributed by atoms with E-state index in [2.05, 4.69) is 24.7 Å².